The Morgan fingerprint density at radius 2 is 2.03 bits per heavy atom. The van der Waals surface area contributed by atoms with Crippen LogP contribution in [-0.2, 0) is 11.3 Å². The standard InChI is InChI=1S/C25H25FN6O2/c1-16-7-10-20(29-25(33)34-15-17-5-3-2-4-6-17)14-32(16)23-12-22(30-24(28)31-23)18-8-9-19(13-27)21(26)11-18/h2-6,8-9,11-12,16,20H,7,10,14-15H2,1H3,(H,29,33)(H2,28,30,31). The highest BCUT2D eigenvalue weighted by Gasteiger charge is 2.28. The number of nitrogens with one attached hydrogen (secondary N) is 1. The summed E-state index contributed by atoms with van der Waals surface area (Å²) in [5, 5.41) is 11.9. The molecule has 1 amide bonds. The second kappa shape index (κ2) is 10.2. The third-order valence-corrected chi connectivity index (χ3v) is 5.83. The third kappa shape index (κ3) is 5.41. The van der Waals surface area contributed by atoms with Crippen LogP contribution < -0.4 is 16.0 Å². The molecular formula is C25H25FN6O2. The normalized spacial score (nSPS) is 17.6. The van der Waals surface area contributed by atoms with Gasteiger partial charge in [-0.1, -0.05) is 36.4 Å². The third-order valence-electron chi connectivity index (χ3n) is 5.83. The minimum absolute atomic E-state index is 0.0382. The maximum absolute atomic E-state index is 14.1. The van der Waals surface area contributed by atoms with Crippen molar-refractivity contribution < 1.29 is 13.9 Å². The van der Waals surface area contributed by atoms with Crippen molar-refractivity contribution in [3.63, 3.8) is 0 Å². The Bertz CT molecular complexity index is 1210. The van der Waals surface area contributed by atoms with E-state index in [2.05, 4.69) is 22.2 Å². The quantitative estimate of drug-likeness (QED) is 0.590. The zero-order valence-electron chi connectivity index (χ0n) is 18.7. The summed E-state index contributed by atoms with van der Waals surface area (Å²) in [6, 6.07) is 17.3. The maximum Gasteiger partial charge on any atom is 0.407 e. The number of hydrogen-bond acceptors (Lipinski definition) is 7. The first kappa shape index (κ1) is 23.0. The van der Waals surface area contributed by atoms with Crippen LogP contribution in [0, 0.1) is 17.1 Å². The molecule has 0 radical (unpaired) electrons. The van der Waals surface area contributed by atoms with E-state index in [1.165, 1.54) is 12.1 Å². The molecule has 2 heterocycles. The van der Waals surface area contributed by atoms with Crippen LogP contribution in [0.3, 0.4) is 0 Å². The van der Waals surface area contributed by atoms with Gasteiger partial charge in [0, 0.05) is 30.3 Å². The molecule has 0 spiro atoms. The topological polar surface area (TPSA) is 117 Å². The molecule has 3 N–H and O–H groups in total. The molecule has 4 rings (SSSR count). The van der Waals surface area contributed by atoms with Crippen LogP contribution in [-0.4, -0.2) is 34.7 Å². The van der Waals surface area contributed by atoms with Gasteiger partial charge in [-0.15, -0.1) is 0 Å². The summed E-state index contributed by atoms with van der Waals surface area (Å²) >= 11 is 0. The molecule has 1 aliphatic rings. The van der Waals surface area contributed by atoms with Crippen molar-refractivity contribution in [2.75, 3.05) is 17.2 Å². The van der Waals surface area contributed by atoms with Crippen LogP contribution in [0.4, 0.5) is 21.0 Å². The first-order valence-electron chi connectivity index (χ1n) is 11.0. The van der Waals surface area contributed by atoms with E-state index in [4.69, 9.17) is 15.7 Å². The second-order valence-corrected chi connectivity index (χ2v) is 8.26. The number of halogens is 1. The highest BCUT2D eigenvalue weighted by atomic mass is 19.1. The number of anilines is 2. The van der Waals surface area contributed by atoms with Crippen molar-refractivity contribution in [2.24, 2.45) is 0 Å². The summed E-state index contributed by atoms with van der Waals surface area (Å²) in [5.74, 6) is 0.0223. The Labute approximate surface area is 197 Å². The molecule has 34 heavy (non-hydrogen) atoms. The molecule has 174 valence electrons. The first-order valence-corrected chi connectivity index (χ1v) is 11.0. The average Bonchev–Trinajstić information content (AvgIpc) is 2.84. The smallest absolute Gasteiger partial charge is 0.407 e. The summed E-state index contributed by atoms with van der Waals surface area (Å²) in [7, 11) is 0. The molecule has 0 aliphatic carbocycles. The van der Waals surface area contributed by atoms with Crippen molar-refractivity contribution >= 4 is 17.9 Å². The van der Waals surface area contributed by atoms with E-state index >= 15 is 0 Å². The molecule has 3 aromatic rings. The molecular weight excluding hydrogens is 435 g/mol. The van der Waals surface area contributed by atoms with Crippen LogP contribution in [0.2, 0.25) is 0 Å². The molecule has 1 aromatic heterocycles. The summed E-state index contributed by atoms with van der Waals surface area (Å²) in [6.07, 6.45) is 1.15. The van der Waals surface area contributed by atoms with E-state index in [9.17, 15) is 9.18 Å². The fraction of sp³-hybridized carbons (Fsp3) is 0.280. The van der Waals surface area contributed by atoms with Gasteiger partial charge in [-0.05, 0) is 37.5 Å². The van der Waals surface area contributed by atoms with E-state index in [0.29, 0.717) is 23.6 Å². The average molecular weight is 461 g/mol. The number of hydrogen-bond donors (Lipinski definition) is 2. The van der Waals surface area contributed by atoms with Crippen molar-refractivity contribution in [3.8, 4) is 17.3 Å². The van der Waals surface area contributed by atoms with E-state index in [1.54, 1.807) is 12.1 Å². The molecule has 1 aliphatic heterocycles. The van der Waals surface area contributed by atoms with Gasteiger partial charge in [-0.2, -0.15) is 10.2 Å². The van der Waals surface area contributed by atoms with Crippen molar-refractivity contribution in [3.05, 3.63) is 71.5 Å². The van der Waals surface area contributed by atoms with Crippen molar-refractivity contribution in [2.45, 2.75) is 38.5 Å². The fourth-order valence-corrected chi connectivity index (χ4v) is 3.99. The van der Waals surface area contributed by atoms with Crippen LogP contribution in [0.5, 0.6) is 0 Å². The number of nitrogens with two attached hydrogens (primary N) is 1. The number of nitrogen functional groups attached to an aromatic ring is 1. The molecule has 2 aromatic carbocycles. The predicted octanol–water partition coefficient (Wildman–Crippen LogP) is 4.02. The van der Waals surface area contributed by atoms with Crippen LogP contribution in [0.15, 0.2) is 54.6 Å². The van der Waals surface area contributed by atoms with Gasteiger partial charge in [0.1, 0.15) is 24.3 Å². The minimum Gasteiger partial charge on any atom is -0.445 e. The van der Waals surface area contributed by atoms with Gasteiger partial charge in [0.25, 0.3) is 0 Å². The van der Waals surface area contributed by atoms with E-state index in [1.807, 2.05) is 41.3 Å². The SMILES string of the molecule is CC1CCC(NC(=O)OCc2ccccc2)CN1c1cc(-c2ccc(C#N)c(F)c2)nc(N)n1. The van der Waals surface area contributed by atoms with Crippen LogP contribution in [0.1, 0.15) is 30.9 Å². The number of carbonyl (C=O) groups excluding carboxylic acids is 1. The number of carbonyl (C=O) groups is 1. The Morgan fingerprint density at radius 3 is 2.76 bits per heavy atom. The Kier molecular flexibility index (Phi) is 6.87. The lowest BCUT2D eigenvalue weighted by molar-refractivity contribution is 0.134. The van der Waals surface area contributed by atoms with Gasteiger partial charge in [0.15, 0.2) is 0 Å². The van der Waals surface area contributed by atoms with Gasteiger partial charge in [0.2, 0.25) is 5.95 Å². The monoisotopic (exact) mass is 460 g/mol. The first-order chi connectivity index (χ1) is 16.4. The molecule has 1 fully saturated rings. The highest BCUT2D eigenvalue weighted by Crippen LogP contribution is 2.28. The van der Waals surface area contributed by atoms with Crippen LogP contribution in [0.25, 0.3) is 11.3 Å². The number of nitriles is 1. The van der Waals surface area contributed by atoms with Gasteiger partial charge >= 0.3 is 6.09 Å². The number of rotatable bonds is 5. The van der Waals surface area contributed by atoms with Gasteiger partial charge in [-0.3, -0.25) is 0 Å². The second-order valence-electron chi connectivity index (χ2n) is 8.26. The van der Waals surface area contributed by atoms with Crippen LogP contribution >= 0.6 is 0 Å². The Morgan fingerprint density at radius 1 is 1.24 bits per heavy atom. The highest BCUT2D eigenvalue weighted by molar-refractivity contribution is 5.68. The number of benzene rings is 2. The van der Waals surface area contributed by atoms with Gasteiger partial charge in [-0.25, -0.2) is 14.2 Å². The number of alkyl carbamates (subject to hydrolysis) is 1. The molecule has 9 heteroatoms. The lowest BCUT2D eigenvalue weighted by atomic mass is 9.99. The summed E-state index contributed by atoms with van der Waals surface area (Å²) in [4.78, 5) is 23.0. The molecule has 0 bridgehead atoms. The summed E-state index contributed by atoms with van der Waals surface area (Å²) < 4.78 is 19.5. The predicted molar refractivity (Wildman–Crippen MR) is 126 cm³/mol. The van der Waals surface area contributed by atoms with Crippen molar-refractivity contribution in [1.82, 2.24) is 15.3 Å². The van der Waals surface area contributed by atoms with E-state index in [0.717, 1.165) is 18.4 Å². The van der Waals surface area contributed by atoms with Gasteiger partial charge < -0.3 is 20.7 Å². The zero-order valence-corrected chi connectivity index (χ0v) is 18.7. The van der Waals surface area contributed by atoms with E-state index in [-0.39, 0.29) is 30.2 Å². The fourth-order valence-electron chi connectivity index (χ4n) is 3.99. The number of nitrogens with zero attached hydrogens (tertiary/aromatic N) is 4. The maximum atomic E-state index is 14.1. The van der Waals surface area contributed by atoms with Crippen molar-refractivity contribution in [1.29, 1.82) is 5.26 Å². The lowest BCUT2D eigenvalue weighted by Crippen LogP contribution is -2.51. The molecule has 0 saturated carbocycles. The lowest BCUT2D eigenvalue weighted by Gasteiger charge is -2.39. The molecule has 1 saturated heterocycles. The summed E-state index contributed by atoms with van der Waals surface area (Å²) in [5.41, 5.74) is 7.80. The Hall–Kier alpha value is -4.19. The number of aromatic nitrogens is 2. The largest absolute Gasteiger partial charge is 0.445 e. The number of amides is 1. The minimum atomic E-state index is -0.622. The van der Waals surface area contributed by atoms with Gasteiger partial charge in [0.05, 0.1) is 11.3 Å². The molecule has 8 nitrogen and oxygen atoms in total. The zero-order chi connectivity index (χ0) is 24.1. The molecule has 2 atom stereocenters. The summed E-state index contributed by atoms with van der Waals surface area (Å²) in [6.45, 7) is 2.79. The molecule has 2 unspecified atom stereocenters. The number of ether oxygens (including phenoxy) is 1. The Balaban J connectivity index is 1.47. The number of piperidine rings is 1. The van der Waals surface area contributed by atoms with E-state index < -0.39 is 11.9 Å².